The quantitative estimate of drug-likeness (QED) is 0.806. The van der Waals surface area contributed by atoms with E-state index in [0.717, 1.165) is 11.4 Å². The van der Waals surface area contributed by atoms with Crippen LogP contribution in [0.3, 0.4) is 0 Å². The summed E-state index contributed by atoms with van der Waals surface area (Å²) in [5.74, 6) is 1.41. The molecule has 84 valence electrons. The van der Waals surface area contributed by atoms with Gasteiger partial charge in [0.05, 0.1) is 29.1 Å². The molecule has 0 aliphatic carbocycles. The molecule has 0 aliphatic heterocycles. The molecule has 0 saturated carbocycles. The van der Waals surface area contributed by atoms with Gasteiger partial charge in [-0.1, -0.05) is 17.7 Å². The summed E-state index contributed by atoms with van der Waals surface area (Å²) >= 11 is 5.90. The van der Waals surface area contributed by atoms with E-state index in [1.807, 2.05) is 19.1 Å². The molecular formula is C11H12ClN3O. The van der Waals surface area contributed by atoms with Crippen LogP contribution >= 0.6 is 11.6 Å². The second-order valence-corrected chi connectivity index (χ2v) is 3.83. The Morgan fingerprint density at radius 1 is 1.50 bits per heavy atom. The fourth-order valence-electron chi connectivity index (χ4n) is 1.35. The van der Waals surface area contributed by atoms with Crippen LogP contribution in [0.1, 0.15) is 11.7 Å². The maximum atomic E-state index is 5.90. The van der Waals surface area contributed by atoms with Gasteiger partial charge >= 0.3 is 0 Å². The van der Waals surface area contributed by atoms with Gasteiger partial charge in [-0.2, -0.15) is 0 Å². The van der Waals surface area contributed by atoms with Gasteiger partial charge in [-0.15, -0.1) is 0 Å². The van der Waals surface area contributed by atoms with Crippen molar-refractivity contribution >= 4 is 23.0 Å². The Kier molecular flexibility index (Phi) is 3.01. The molecule has 0 aliphatic rings. The molecule has 0 fully saturated rings. The van der Waals surface area contributed by atoms with Crippen molar-refractivity contribution in [2.75, 3.05) is 11.1 Å². The number of hydrogen-bond acceptors (Lipinski definition) is 4. The molecule has 1 heterocycles. The van der Waals surface area contributed by atoms with Crippen LogP contribution in [-0.4, -0.2) is 4.98 Å². The van der Waals surface area contributed by atoms with E-state index in [1.165, 1.54) is 0 Å². The van der Waals surface area contributed by atoms with E-state index in [4.69, 9.17) is 21.8 Å². The average molecular weight is 238 g/mol. The van der Waals surface area contributed by atoms with Crippen LogP contribution < -0.4 is 11.1 Å². The fraction of sp³-hybridized carbons (Fsp3) is 0.182. The molecule has 2 aromatic rings. The molecule has 0 atom stereocenters. The lowest BCUT2D eigenvalue weighted by atomic mass is 10.2. The molecule has 2 rings (SSSR count). The fourth-order valence-corrected chi connectivity index (χ4v) is 1.52. The van der Waals surface area contributed by atoms with Crippen LogP contribution in [0.4, 0.5) is 11.4 Å². The van der Waals surface area contributed by atoms with Crippen molar-refractivity contribution in [3.05, 3.63) is 41.1 Å². The predicted octanol–water partition coefficient (Wildman–Crippen LogP) is 2.83. The Labute approximate surface area is 98.4 Å². The van der Waals surface area contributed by atoms with Gasteiger partial charge < -0.3 is 15.5 Å². The maximum Gasteiger partial charge on any atom is 0.213 e. The largest absolute Gasteiger partial charge is 0.444 e. The maximum absolute atomic E-state index is 5.90. The van der Waals surface area contributed by atoms with Crippen molar-refractivity contribution in [1.29, 1.82) is 0 Å². The number of para-hydroxylation sites is 1. The van der Waals surface area contributed by atoms with Gasteiger partial charge in [-0.05, 0) is 19.1 Å². The highest BCUT2D eigenvalue weighted by Crippen LogP contribution is 2.26. The standard InChI is InChI=1S/C11H12ClN3O/c1-7-5-15-10(16-7)6-14-9-4-2-3-8(12)11(9)13/h2-5,14H,6,13H2,1H3. The number of halogens is 1. The zero-order valence-corrected chi connectivity index (χ0v) is 9.58. The molecule has 0 bridgehead atoms. The van der Waals surface area contributed by atoms with E-state index in [9.17, 15) is 0 Å². The number of nitrogen functional groups attached to an aromatic ring is 1. The van der Waals surface area contributed by atoms with Crippen molar-refractivity contribution in [2.24, 2.45) is 0 Å². The van der Waals surface area contributed by atoms with Crippen molar-refractivity contribution < 1.29 is 4.42 Å². The lowest BCUT2D eigenvalue weighted by molar-refractivity contribution is 0.479. The average Bonchev–Trinajstić information content (AvgIpc) is 2.67. The first-order chi connectivity index (χ1) is 7.66. The third-order valence-corrected chi connectivity index (χ3v) is 2.48. The van der Waals surface area contributed by atoms with Crippen molar-refractivity contribution in [3.8, 4) is 0 Å². The first-order valence-electron chi connectivity index (χ1n) is 4.86. The third-order valence-electron chi connectivity index (χ3n) is 2.15. The van der Waals surface area contributed by atoms with Gasteiger partial charge in [0.15, 0.2) is 0 Å². The highest BCUT2D eigenvalue weighted by atomic mass is 35.5. The number of aryl methyl sites for hydroxylation is 1. The number of benzene rings is 1. The molecule has 3 N–H and O–H groups in total. The Hall–Kier alpha value is -1.68. The summed E-state index contributed by atoms with van der Waals surface area (Å²) in [5, 5.41) is 3.65. The molecule has 0 unspecified atom stereocenters. The molecule has 16 heavy (non-hydrogen) atoms. The highest BCUT2D eigenvalue weighted by molar-refractivity contribution is 6.33. The minimum Gasteiger partial charge on any atom is -0.444 e. The third kappa shape index (κ3) is 2.28. The summed E-state index contributed by atoms with van der Waals surface area (Å²) in [6.45, 7) is 2.34. The minimum atomic E-state index is 0.485. The number of aromatic nitrogens is 1. The van der Waals surface area contributed by atoms with E-state index in [1.54, 1.807) is 12.3 Å². The zero-order chi connectivity index (χ0) is 11.5. The summed E-state index contributed by atoms with van der Waals surface area (Å²) in [6.07, 6.45) is 1.68. The summed E-state index contributed by atoms with van der Waals surface area (Å²) in [7, 11) is 0. The van der Waals surface area contributed by atoms with Gasteiger partial charge in [0.2, 0.25) is 5.89 Å². The lowest BCUT2D eigenvalue weighted by Gasteiger charge is -2.08. The number of oxazole rings is 1. The topological polar surface area (TPSA) is 64.1 Å². The smallest absolute Gasteiger partial charge is 0.213 e. The number of nitrogens with one attached hydrogen (secondary N) is 1. The van der Waals surface area contributed by atoms with Crippen molar-refractivity contribution in [1.82, 2.24) is 4.98 Å². The molecule has 0 amide bonds. The van der Waals surface area contributed by atoms with E-state index in [0.29, 0.717) is 23.1 Å². The molecule has 1 aromatic heterocycles. The number of anilines is 2. The van der Waals surface area contributed by atoms with Crippen LogP contribution in [0.25, 0.3) is 0 Å². The number of rotatable bonds is 3. The van der Waals surface area contributed by atoms with Gasteiger partial charge in [-0.3, -0.25) is 0 Å². The Balaban J connectivity index is 2.07. The number of nitrogens with two attached hydrogens (primary N) is 1. The van der Waals surface area contributed by atoms with E-state index < -0.39 is 0 Å². The summed E-state index contributed by atoms with van der Waals surface area (Å²) in [4.78, 5) is 4.08. The monoisotopic (exact) mass is 237 g/mol. The normalized spacial score (nSPS) is 10.4. The van der Waals surface area contributed by atoms with Gasteiger partial charge in [-0.25, -0.2) is 4.98 Å². The molecule has 5 heteroatoms. The first kappa shape index (κ1) is 10.8. The van der Waals surface area contributed by atoms with Crippen LogP contribution in [0.5, 0.6) is 0 Å². The van der Waals surface area contributed by atoms with Crippen LogP contribution in [0, 0.1) is 6.92 Å². The summed E-state index contributed by atoms with van der Waals surface area (Å²) in [5.41, 5.74) is 7.12. The van der Waals surface area contributed by atoms with E-state index >= 15 is 0 Å². The lowest BCUT2D eigenvalue weighted by Crippen LogP contribution is -2.02. The predicted molar refractivity (Wildman–Crippen MR) is 64.4 cm³/mol. The minimum absolute atomic E-state index is 0.485. The first-order valence-corrected chi connectivity index (χ1v) is 5.24. The van der Waals surface area contributed by atoms with Crippen LogP contribution in [0.15, 0.2) is 28.8 Å². The van der Waals surface area contributed by atoms with E-state index in [2.05, 4.69) is 10.3 Å². The highest BCUT2D eigenvalue weighted by Gasteiger charge is 2.04. The van der Waals surface area contributed by atoms with Crippen molar-refractivity contribution in [2.45, 2.75) is 13.5 Å². The van der Waals surface area contributed by atoms with Crippen LogP contribution in [0.2, 0.25) is 5.02 Å². The molecule has 0 saturated heterocycles. The van der Waals surface area contributed by atoms with Crippen molar-refractivity contribution in [3.63, 3.8) is 0 Å². The second kappa shape index (κ2) is 4.45. The second-order valence-electron chi connectivity index (χ2n) is 3.42. The molecule has 0 spiro atoms. The number of hydrogen-bond donors (Lipinski definition) is 2. The van der Waals surface area contributed by atoms with Gasteiger partial charge in [0.25, 0.3) is 0 Å². The summed E-state index contributed by atoms with van der Waals surface area (Å²) < 4.78 is 5.33. The Bertz CT molecular complexity index is 496. The zero-order valence-electron chi connectivity index (χ0n) is 8.83. The Morgan fingerprint density at radius 3 is 3.00 bits per heavy atom. The Morgan fingerprint density at radius 2 is 2.31 bits per heavy atom. The molecular weight excluding hydrogens is 226 g/mol. The summed E-state index contributed by atoms with van der Waals surface area (Å²) in [6, 6.07) is 5.44. The molecule has 4 nitrogen and oxygen atoms in total. The van der Waals surface area contributed by atoms with Gasteiger partial charge in [0, 0.05) is 0 Å². The molecule has 0 radical (unpaired) electrons. The molecule has 1 aromatic carbocycles. The van der Waals surface area contributed by atoms with Crippen LogP contribution in [-0.2, 0) is 6.54 Å². The van der Waals surface area contributed by atoms with E-state index in [-0.39, 0.29) is 0 Å². The van der Waals surface area contributed by atoms with Gasteiger partial charge in [0.1, 0.15) is 5.76 Å². The SMILES string of the molecule is Cc1cnc(CNc2cccc(Cl)c2N)o1. The number of nitrogens with zero attached hydrogens (tertiary/aromatic N) is 1.